The van der Waals surface area contributed by atoms with Crippen LogP contribution < -0.4 is 0 Å². The molecule has 68 valence electrons. The van der Waals surface area contributed by atoms with Crippen molar-refractivity contribution in [3.63, 3.8) is 0 Å². The van der Waals surface area contributed by atoms with E-state index in [-0.39, 0.29) is 0 Å². The van der Waals surface area contributed by atoms with Crippen molar-refractivity contribution in [2.45, 2.75) is 12.2 Å². The fraction of sp³-hybridized carbons (Fsp3) is 0.571. The van der Waals surface area contributed by atoms with Gasteiger partial charge in [0.1, 0.15) is 11.9 Å². The van der Waals surface area contributed by atoms with Gasteiger partial charge in [-0.15, -0.1) is 0 Å². The van der Waals surface area contributed by atoms with Gasteiger partial charge in [-0.2, -0.15) is 0 Å². The van der Waals surface area contributed by atoms with E-state index in [1.54, 1.807) is 24.0 Å². The van der Waals surface area contributed by atoms with Crippen molar-refractivity contribution < 1.29 is 10.2 Å². The highest BCUT2D eigenvalue weighted by Gasteiger charge is 2.20. The van der Waals surface area contributed by atoms with Crippen LogP contribution in [-0.4, -0.2) is 31.2 Å². The molecule has 0 aliphatic carbocycles. The molecule has 2 atom stereocenters. The summed E-state index contributed by atoms with van der Waals surface area (Å²) in [7, 11) is 1.77. The van der Waals surface area contributed by atoms with Gasteiger partial charge in [-0.25, -0.2) is 4.98 Å². The van der Waals surface area contributed by atoms with Gasteiger partial charge in [0.2, 0.25) is 0 Å². The largest absolute Gasteiger partial charge is 0.389 e. The molecule has 1 rings (SSSR count). The van der Waals surface area contributed by atoms with Crippen LogP contribution in [0.1, 0.15) is 11.9 Å². The van der Waals surface area contributed by atoms with E-state index in [0.29, 0.717) is 11.2 Å². The number of aliphatic hydroxyl groups excluding tert-OH is 2. The standard InChI is InChI=1S/C7H11BrN2O2/c1-10-3-2-9-7(10)6(12)5(11)4-8/h2-3,5-6,11-12H,4H2,1H3. The molecule has 12 heavy (non-hydrogen) atoms. The summed E-state index contributed by atoms with van der Waals surface area (Å²) in [5.41, 5.74) is 0. The van der Waals surface area contributed by atoms with Crippen LogP contribution in [0, 0.1) is 0 Å². The average Bonchev–Trinajstić information content (AvgIpc) is 2.48. The average molecular weight is 235 g/mol. The third kappa shape index (κ3) is 1.85. The predicted molar refractivity (Wildman–Crippen MR) is 48.0 cm³/mol. The van der Waals surface area contributed by atoms with Crippen molar-refractivity contribution in [3.8, 4) is 0 Å². The molecule has 0 amide bonds. The number of aliphatic hydroxyl groups is 2. The Balaban J connectivity index is 2.77. The van der Waals surface area contributed by atoms with Gasteiger partial charge in [0, 0.05) is 24.8 Å². The smallest absolute Gasteiger partial charge is 0.140 e. The van der Waals surface area contributed by atoms with Crippen LogP contribution in [-0.2, 0) is 7.05 Å². The first kappa shape index (κ1) is 9.70. The quantitative estimate of drug-likeness (QED) is 0.736. The lowest BCUT2D eigenvalue weighted by molar-refractivity contribution is 0.0269. The monoisotopic (exact) mass is 234 g/mol. The summed E-state index contributed by atoms with van der Waals surface area (Å²) >= 11 is 3.08. The van der Waals surface area contributed by atoms with Gasteiger partial charge in [0.25, 0.3) is 0 Å². The lowest BCUT2D eigenvalue weighted by Crippen LogP contribution is -2.22. The number of aryl methyl sites for hydroxylation is 1. The lowest BCUT2D eigenvalue weighted by atomic mass is 10.2. The number of imidazole rings is 1. The maximum Gasteiger partial charge on any atom is 0.140 e. The minimum absolute atomic E-state index is 0.334. The Labute approximate surface area is 79.0 Å². The van der Waals surface area contributed by atoms with Crippen LogP contribution in [0.2, 0.25) is 0 Å². The summed E-state index contributed by atoms with van der Waals surface area (Å²) in [5, 5.41) is 19.1. The topological polar surface area (TPSA) is 58.3 Å². The summed E-state index contributed by atoms with van der Waals surface area (Å²) in [4.78, 5) is 3.92. The maximum atomic E-state index is 9.50. The van der Waals surface area contributed by atoms with Crippen molar-refractivity contribution in [2.75, 3.05) is 5.33 Å². The van der Waals surface area contributed by atoms with Gasteiger partial charge < -0.3 is 14.8 Å². The Bertz CT molecular complexity index is 251. The van der Waals surface area contributed by atoms with E-state index in [2.05, 4.69) is 20.9 Å². The Morgan fingerprint density at radius 2 is 2.33 bits per heavy atom. The maximum absolute atomic E-state index is 9.50. The number of hydrogen-bond donors (Lipinski definition) is 2. The molecule has 0 saturated heterocycles. The number of halogens is 1. The third-order valence-corrected chi connectivity index (χ3v) is 2.31. The summed E-state index contributed by atoms with van der Waals surface area (Å²) < 4.78 is 1.68. The number of hydrogen-bond acceptors (Lipinski definition) is 3. The number of rotatable bonds is 3. The molecule has 0 spiro atoms. The van der Waals surface area contributed by atoms with Gasteiger partial charge in [0.05, 0.1) is 6.10 Å². The molecule has 2 N–H and O–H groups in total. The SMILES string of the molecule is Cn1ccnc1C(O)C(O)CBr. The van der Waals surface area contributed by atoms with E-state index < -0.39 is 12.2 Å². The molecule has 0 aliphatic heterocycles. The van der Waals surface area contributed by atoms with Crippen molar-refractivity contribution in [3.05, 3.63) is 18.2 Å². The molecule has 1 heterocycles. The Morgan fingerprint density at radius 3 is 2.75 bits per heavy atom. The molecule has 0 saturated carbocycles. The summed E-state index contributed by atoms with van der Waals surface area (Å²) in [6.07, 6.45) is 1.56. The molecule has 1 aromatic rings. The lowest BCUT2D eigenvalue weighted by Gasteiger charge is -2.14. The zero-order valence-electron chi connectivity index (χ0n) is 6.68. The molecule has 2 unspecified atom stereocenters. The van der Waals surface area contributed by atoms with Crippen LogP contribution in [0.3, 0.4) is 0 Å². The second-order valence-electron chi connectivity index (χ2n) is 2.56. The Kier molecular flexibility index (Phi) is 3.25. The molecular weight excluding hydrogens is 224 g/mol. The Morgan fingerprint density at radius 1 is 1.67 bits per heavy atom. The van der Waals surface area contributed by atoms with Gasteiger partial charge in [-0.3, -0.25) is 0 Å². The molecule has 4 nitrogen and oxygen atoms in total. The van der Waals surface area contributed by atoms with Crippen LogP contribution >= 0.6 is 15.9 Å². The highest BCUT2D eigenvalue weighted by molar-refractivity contribution is 9.09. The first-order valence-corrected chi connectivity index (χ1v) is 4.68. The second kappa shape index (κ2) is 4.02. The van der Waals surface area contributed by atoms with E-state index in [4.69, 9.17) is 0 Å². The number of aromatic nitrogens is 2. The summed E-state index contributed by atoms with van der Waals surface area (Å²) in [5.74, 6) is 0.474. The van der Waals surface area contributed by atoms with E-state index in [1.807, 2.05) is 0 Å². The fourth-order valence-corrected chi connectivity index (χ4v) is 1.27. The fourth-order valence-electron chi connectivity index (χ4n) is 0.919. The van der Waals surface area contributed by atoms with Gasteiger partial charge in [0.15, 0.2) is 0 Å². The highest BCUT2D eigenvalue weighted by Crippen LogP contribution is 2.15. The highest BCUT2D eigenvalue weighted by atomic mass is 79.9. The zero-order chi connectivity index (χ0) is 9.14. The molecule has 0 radical (unpaired) electrons. The van der Waals surface area contributed by atoms with E-state index in [1.165, 1.54) is 0 Å². The van der Waals surface area contributed by atoms with E-state index in [9.17, 15) is 10.2 Å². The van der Waals surface area contributed by atoms with Crippen LogP contribution in [0.5, 0.6) is 0 Å². The summed E-state index contributed by atoms with van der Waals surface area (Å²) in [6.45, 7) is 0. The van der Waals surface area contributed by atoms with Crippen LogP contribution in [0.25, 0.3) is 0 Å². The minimum atomic E-state index is -0.927. The third-order valence-electron chi connectivity index (χ3n) is 1.65. The van der Waals surface area contributed by atoms with Crippen LogP contribution in [0.4, 0.5) is 0 Å². The second-order valence-corrected chi connectivity index (χ2v) is 3.21. The molecule has 1 aromatic heterocycles. The Hall–Kier alpha value is -0.390. The number of alkyl halides is 1. The molecular formula is C7H11BrN2O2. The molecule has 0 bridgehead atoms. The molecule has 0 aromatic carbocycles. The van der Waals surface area contributed by atoms with E-state index in [0.717, 1.165) is 0 Å². The minimum Gasteiger partial charge on any atom is -0.389 e. The van der Waals surface area contributed by atoms with Crippen LogP contribution in [0.15, 0.2) is 12.4 Å². The first-order chi connectivity index (χ1) is 5.66. The molecule has 0 aliphatic rings. The van der Waals surface area contributed by atoms with Gasteiger partial charge >= 0.3 is 0 Å². The zero-order valence-corrected chi connectivity index (χ0v) is 8.27. The molecule has 0 fully saturated rings. The van der Waals surface area contributed by atoms with Gasteiger partial charge in [-0.1, -0.05) is 15.9 Å². The van der Waals surface area contributed by atoms with Crippen molar-refractivity contribution in [1.29, 1.82) is 0 Å². The normalized spacial score (nSPS) is 16.0. The molecule has 5 heteroatoms. The van der Waals surface area contributed by atoms with Crippen molar-refractivity contribution in [1.82, 2.24) is 9.55 Å². The number of nitrogens with zero attached hydrogens (tertiary/aromatic N) is 2. The predicted octanol–water partition coefficient (Wildman–Crippen LogP) is 0.209. The first-order valence-electron chi connectivity index (χ1n) is 3.56. The van der Waals surface area contributed by atoms with E-state index >= 15 is 0 Å². The summed E-state index contributed by atoms with van der Waals surface area (Å²) in [6, 6.07) is 0. The van der Waals surface area contributed by atoms with Crippen molar-refractivity contribution in [2.24, 2.45) is 7.05 Å². The van der Waals surface area contributed by atoms with Gasteiger partial charge in [-0.05, 0) is 0 Å². The van der Waals surface area contributed by atoms with Crippen molar-refractivity contribution >= 4 is 15.9 Å².